The van der Waals surface area contributed by atoms with Crippen LogP contribution in [0.15, 0.2) is 53.5 Å². The molecule has 0 atom stereocenters. The highest BCUT2D eigenvalue weighted by Crippen LogP contribution is 2.28. The van der Waals surface area contributed by atoms with Crippen LogP contribution in [0.4, 0.5) is 18.9 Å². The molecule has 0 spiro atoms. The quantitative estimate of drug-likeness (QED) is 0.150. The van der Waals surface area contributed by atoms with Crippen molar-refractivity contribution in [2.45, 2.75) is 32.6 Å². The Morgan fingerprint density at radius 3 is 2.15 bits per heavy atom. The van der Waals surface area contributed by atoms with Crippen LogP contribution >= 0.6 is 23.8 Å². The maximum absolute atomic E-state index is 14.8. The predicted molar refractivity (Wildman–Crippen MR) is 135 cm³/mol. The first-order chi connectivity index (χ1) is 16.4. The van der Waals surface area contributed by atoms with Crippen LogP contribution in [-0.4, -0.2) is 5.16 Å². The zero-order chi connectivity index (χ0) is 24.5. The van der Waals surface area contributed by atoms with Crippen molar-refractivity contribution < 1.29 is 13.2 Å². The molecule has 0 aromatic heterocycles. The molecule has 0 fully saturated rings. The van der Waals surface area contributed by atoms with Crippen LogP contribution in [0, 0.1) is 41.1 Å². The number of isothiocyanates is 1. The molecule has 1 nitrogen and oxygen atoms in total. The molecule has 0 amide bonds. The molecule has 0 bridgehead atoms. The first-order valence-electron chi connectivity index (χ1n) is 10.6. The summed E-state index contributed by atoms with van der Waals surface area (Å²) in [6.07, 6.45) is 4.29. The Labute approximate surface area is 207 Å². The molecule has 0 saturated carbocycles. The van der Waals surface area contributed by atoms with E-state index in [0.717, 1.165) is 42.5 Å². The van der Waals surface area contributed by atoms with Gasteiger partial charge in [0.1, 0.15) is 11.5 Å². The predicted octanol–water partition coefficient (Wildman–Crippen LogP) is 8.49. The number of aliphatic imine (C=N–C) groups is 1. The van der Waals surface area contributed by atoms with Gasteiger partial charge in [0.05, 0.1) is 15.7 Å². The van der Waals surface area contributed by atoms with Gasteiger partial charge in [-0.3, -0.25) is 0 Å². The van der Waals surface area contributed by atoms with Crippen molar-refractivity contribution in [2.24, 2.45) is 4.99 Å². The lowest BCUT2D eigenvalue weighted by molar-refractivity contribution is 0.587. The lowest BCUT2D eigenvalue weighted by Crippen LogP contribution is -1.90. The monoisotopic (exact) mass is 493 g/mol. The van der Waals surface area contributed by atoms with Gasteiger partial charge in [-0.25, -0.2) is 13.2 Å². The van der Waals surface area contributed by atoms with Crippen LogP contribution in [-0.2, 0) is 0 Å². The van der Waals surface area contributed by atoms with E-state index in [4.69, 9.17) is 11.6 Å². The van der Waals surface area contributed by atoms with E-state index in [1.807, 2.05) is 29.4 Å². The summed E-state index contributed by atoms with van der Waals surface area (Å²) in [5.41, 5.74) is 1.62. The molecule has 0 radical (unpaired) electrons. The highest BCUT2D eigenvalue weighted by Gasteiger charge is 2.11. The number of thiocarbonyl (C=S) groups is 1. The normalized spacial score (nSPS) is 9.91. The van der Waals surface area contributed by atoms with Crippen molar-refractivity contribution >= 4 is 34.7 Å². The summed E-state index contributed by atoms with van der Waals surface area (Å²) in [6, 6.07) is 12.3. The zero-order valence-electron chi connectivity index (χ0n) is 18.3. The number of nitrogens with zero attached hydrogens (tertiary/aromatic N) is 1. The fourth-order valence-electron chi connectivity index (χ4n) is 3.16. The van der Waals surface area contributed by atoms with E-state index in [0.29, 0.717) is 5.56 Å². The molecule has 0 aliphatic heterocycles. The highest BCUT2D eigenvalue weighted by atomic mass is 35.5. The van der Waals surface area contributed by atoms with Crippen molar-refractivity contribution in [1.82, 2.24) is 0 Å². The standard InChI is InChI=1S/C28H19ClF3NS/c1-2-3-4-5-6-7-19-8-11-21(12-9-19)22-16-24(29)23(25(30)17-22)13-10-20-14-26(31)28(33-18-34)27(32)15-20/h8-9,11-12,14-17H,2-5H2,1H3. The smallest absolute Gasteiger partial charge is 0.153 e. The largest absolute Gasteiger partial charge is 0.206 e. The number of hydrogen-bond donors (Lipinski definition) is 0. The van der Waals surface area contributed by atoms with Gasteiger partial charge in [0.25, 0.3) is 0 Å². The molecule has 3 rings (SSSR count). The van der Waals surface area contributed by atoms with Crippen LogP contribution < -0.4 is 0 Å². The van der Waals surface area contributed by atoms with Gasteiger partial charge >= 0.3 is 0 Å². The number of halogens is 4. The van der Waals surface area contributed by atoms with Gasteiger partial charge in [0.15, 0.2) is 11.6 Å². The van der Waals surface area contributed by atoms with Gasteiger partial charge in [-0.2, -0.15) is 4.99 Å². The fraction of sp³-hybridized carbons (Fsp3) is 0.179. The minimum atomic E-state index is -0.947. The van der Waals surface area contributed by atoms with E-state index in [2.05, 4.69) is 47.8 Å². The summed E-state index contributed by atoms with van der Waals surface area (Å²) in [5, 5.41) is 2.00. The first kappa shape index (κ1) is 25.3. The molecule has 0 saturated heterocycles. The second-order valence-corrected chi connectivity index (χ2v) is 7.98. The summed E-state index contributed by atoms with van der Waals surface area (Å²) in [5.74, 6) is 8.84. The molecule has 0 unspecified atom stereocenters. The maximum Gasteiger partial charge on any atom is 0.153 e. The van der Waals surface area contributed by atoms with Crippen molar-refractivity contribution in [3.05, 3.63) is 87.7 Å². The van der Waals surface area contributed by atoms with Crippen molar-refractivity contribution in [3.63, 3.8) is 0 Å². The van der Waals surface area contributed by atoms with E-state index in [-0.39, 0.29) is 16.1 Å². The van der Waals surface area contributed by atoms with Gasteiger partial charge in [0.2, 0.25) is 0 Å². The molecule has 0 aliphatic carbocycles. The molecule has 170 valence electrons. The van der Waals surface area contributed by atoms with Crippen molar-refractivity contribution in [1.29, 1.82) is 0 Å². The number of unbranched alkanes of at least 4 members (excludes halogenated alkanes) is 3. The lowest BCUT2D eigenvalue weighted by atomic mass is 10.0. The average molecular weight is 494 g/mol. The Morgan fingerprint density at radius 2 is 1.53 bits per heavy atom. The summed E-state index contributed by atoms with van der Waals surface area (Å²) in [4.78, 5) is 3.34. The third-order valence-electron chi connectivity index (χ3n) is 4.90. The Hall–Kier alpha value is -3.34. The second kappa shape index (κ2) is 12.2. The molecular formula is C28H19ClF3NS. The van der Waals surface area contributed by atoms with Crippen LogP contribution in [0.2, 0.25) is 5.02 Å². The van der Waals surface area contributed by atoms with Crippen LogP contribution in [0.25, 0.3) is 11.1 Å². The lowest BCUT2D eigenvalue weighted by Gasteiger charge is -2.06. The fourth-order valence-corrected chi connectivity index (χ4v) is 3.50. The Morgan fingerprint density at radius 1 is 0.824 bits per heavy atom. The summed E-state index contributed by atoms with van der Waals surface area (Å²) < 4.78 is 42.7. The number of benzene rings is 3. The van der Waals surface area contributed by atoms with E-state index < -0.39 is 23.1 Å². The van der Waals surface area contributed by atoms with E-state index >= 15 is 0 Å². The number of hydrogen-bond acceptors (Lipinski definition) is 2. The Bertz CT molecular complexity index is 1320. The maximum atomic E-state index is 14.8. The van der Waals surface area contributed by atoms with Gasteiger partial charge in [-0.05, 0) is 66.2 Å². The number of rotatable bonds is 5. The van der Waals surface area contributed by atoms with Crippen LogP contribution in [0.3, 0.4) is 0 Å². The van der Waals surface area contributed by atoms with E-state index in [1.54, 1.807) is 6.07 Å². The Balaban J connectivity index is 1.82. The van der Waals surface area contributed by atoms with Crippen molar-refractivity contribution in [3.8, 4) is 34.8 Å². The molecule has 0 N–H and O–H groups in total. The SMILES string of the molecule is CCCCCC#Cc1ccc(-c2cc(F)c(C#Cc3cc(F)c(N=C=S)c(F)c3)c(Cl)c2)cc1. The summed E-state index contributed by atoms with van der Waals surface area (Å²) >= 11 is 10.6. The first-order valence-corrected chi connectivity index (χ1v) is 11.4. The molecular weight excluding hydrogens is 475 g/mol. The Kier molecular flexibility index (Phi) is 9.08. The van der Waals surface area contributed by atoms with Crippen LogP contribution in [0.1, 0.15) is 49.3 Å². The topological polar surface area (TPSA) is 12.4 Å². The molecule has 0 aliphatic rings. The van der Waals surface area contributed by atoms with Gasteiger partial charge in [-0.1, -0.05) is 67.2 Å². The van der Waals surface area contributed by atoms with Gasteiger partial charge in [-0.15, -0.1) is 0 Å². The molecule has 3 aromatic rings. The average Bonchev–Trinajstić information content (AvgIpc) is 2.81. The summed E-state index contributed by atoms with van der Waals surface area (Å²) in [6.45, 7) is 2.15. The zero-order valence-corrected chi connectivity index (χ0v) is 19.9. The molecule has 6 heteroatoms. The minimum absolute atomic E-state index is 0.00394. The minimum Gasteiger partial charge on any atom is -0.206 e. The summed E-state index contributed by atoms with van der Waals surface area (Å²) in [7, 11) is 0. The third-order valence-corrected chi connectivity index (χ3v) is 5.29. The highest BCUT2D eigenvalue weighted by molar-refractivity contribution is 7.78. The van der Waals surface area contributed by atoms with Gasteiger partial charge in [0, 0.05) is 17.5 Å². The van der Waals surface area contributed by atoms with E-state index in [9.17, 15) is 13.2 Å². The molecule has 3 aromatic carbocycles. The molecule has 34 heavy (non-hydrogen) atoms. The van der Waals surface area contributed by atoms with Crippen LogP contribution in [0.5, 0.6) is 0 Å². The van der Waals surface area contributed by atoms with Gasteiger partial charge < -0.3 is 0 Å². The second-order valence-electron chi connectivity index (χ2n) is 7.39. The molecule has 0 heterocycles. The third kappa shape index (κ3) is 6.60. The van der Waals surface area contributed by atoms with E-state index in [1.165, 1.54) is 12.5 Å². The van der Waals surface area contributed by atoms with Crippen molar-refractivity contribution in [2.75, 3.05) is 0 Å².